The number of piperazine rings is 1. The number of hydrogen-bond acceptors (Lipinski definition) is 3. The minimum atomic E-state index is -4.67. The number of benzene rings is 3. The Morgan fingerprint density at radius 3 is 1.95 bits per heavy atom. The van der Waals surface area contributed by atoms with Crippen molar-refractivity contribution in [2.24, 2.45) is 0 Å². The maximum atomic E-state index is 14.0. The Bertz CT molecular complexity index is 1330. The van der Waals surface area contributed by atoms with Crippen LogP contribution in [0.4, 0.5) is 22.0 Å². The Morgan fingerprint density at radius 2 is 1.34 bits per heavy atom. The first-order chi connectivity index (χ1) is 18.1. The van der Waals surface area contributed by atoms with Crippen LogP contribution in [0.5, 0.6) is 0 Å². The zero-order valence-electron chi connectivity index (χ0n) is 19.9. The molecule has 0 aliphatic carbocycles. The summed E-state index contributed by atoms with van der Waals surface area (Å²) in [5.74, 6) is -3.24. The summed E-state index contributed by atoms with van der Waals surface area (Å²) in [4.78, 5) is 40.4. The second-order valence-electron chi connectivity index (χ2n) is 8.57. The predicted octanol–water partition coefficient (Wildman–Crippen LogP) is 4.37. The summed E-state index contributed by atoms with van der Waals surface area (Å²) >= 11 is 0. The Balaban J connectivity index is 1.30. The molecule has 1 aliphatic heterocycles. The highest BCUT2D eigenvalue weighted by Crippen LogP contribution is 2.32. The number of amides is 3. The highest BCUT2D eigenvalue weighted by molar-refractivity contribution is 5.97. The van der Waals surface area contributed by atoms with E-state index in [1.54, 1.807) is 0 Å². The van der Waals surface area contributed by atoms with E-state index in [-0.39, 0.29) is 49.4 Å². The van der Waals surface area contributed by atoms with Crippen molar-refractivity contribution in [3.05, 3.63) is 95.1 Å². The number of carbonyl (C=O) groups is 3. The molecule has 38 heavy (non-hydrogen) atoms. The molecular formula is C27H22F5N3O3. The van der Waals surface area contributed by atoms with Gasteiger partial charge < -0.3 is 15.1 Å². The van der Waals surface area contributed by atoms with Gasteiger partial charge in [-0.1, -0.05) is 30.3 Å². The first-order valence-electron chi connectivity index (χ1n) is 11.6. The minimum Gasteiger partial charge on any atom is -0.343 e. The molecule has 0 spiro atoms. The molecule has 1 N–H and O–H groups in total. The summed E-state index contributed by atoms with van der Waals surface area (Å²) in [6.45, 7) is -0.0694. The molecule has 3 aromatic carbocycles. The second kappa shape index (κ2) is 11.0. The molecule has 0 radical (unpaired) electrons. The van der Waals surface area contributed by atoms with E-state index < -0.39 is 46.7 Å². The smallest absolute Gasteiger partial charge is 0.343 e. The molecular weight excluding hydrogens is 509 g/mol. The van der Waals surface area contributed by atoms with E-state index in [0.717, 1.165) is 24.3 Å². The molecule has 0 atom stereocenters. The molecule has 4 rings (SSSR count). The van der Waals surface area contributed by atoms with Gasteiger partial charge in [-0.2, -0.15) is 13.2 Å². The number of nitrogens with zero attached hydrogens (tertiary/aromatic N) is 2. The Kier molecular flexibility index (Phi) is 7.75. The average molecular weight is 531 g/mol. The summed E-state index contributed by atoms with van der Waals surface area (Å²) < 4.78 is 67.7. The summed E-state index contributed by atoms with van der Waals surface area (Å²) in [6.07, 6.45) is -4.67. The van der Waals surface area contributed by atoms with Crippen LogP contribution in [0.15, 0.2) is 66.7 Å². The SMILES string of the molecule is O=C(NCC(=O)N1CCN(C(=O)c2ccccc2C(F)(F)F)CC1)c1ccc(-c2c(F)cccc2F)cc1. The highest BCUT2D eigenvalue weighted by atomic mass is 19.4. The van der Waals surface area contributed by atoms with E-state index in [1.807, 2.05) is 0 Å². The standard InChI is InChI=1S/C27H22F5N3O3/c28-21-6-3-7-22(29)24(21)17-8-10-18(11-9-17)25(37)33-16-23(36)34-12-14-35(15-13-34)26(38)19-4-1-2-5-20(19)27(30,31)32/h1-11H,12-16H2,(H,33,37). The number of hydrogen-bond donors (Lipinski definition) is 1. The lowest BCUT2D eigenvalue weighted by atomic mass is 10.0. The second-order valence-corrected chi connectivity index (χ2v) is 8.57. The highest BCUT2D eigenvalue weighted by Gasteiger charge is 2.36. The maximum Gasteiger partial charge on any atom is 0.417 e. The zero-order valence-corrected chi connectivity index (χ0v) is 19.9. The van der Waals surface area contributed by atoms with Crippen molar-refractivity contribution in [2.75, 3.05) is 32.7 Å². The van der Waals surface area contributed by atoms with Crippen LogP contribution in [0, 0.1) is 11.6 Å². The lowest BCUT2D eigenvalue weighted by Crippen LogP contribution is -2.52. The molecule has 1 aliphatic rings. The van der Waals surface area contributed by atoms with E-state index in [9.17, 15) is 36.3 Å². The Hall–Kier alpha value is -4.28. The molecule has 0 aromatic heterocycles. The average Bonchev–Trinajstić information content (AvgIpc) is 2.91. The summed E-state index contributed by atoms with van der Waals surface area (Å²) in [7, 11) is 0. The third kappa shape index (κ3) is 5.82. The molecule has 3 aromatic rings. The summed E-state index contributed by atoms with van der Waals surface area (Å²) in [5, 5.41) is 2.48. The first-order valence-corrected chi connectivity index (χ1v) is 11.6. The van der Waals surface area contributed by atoms with Gasteiger partial charge in [0.15, 0.2) is 0 Å². The summed E-state index contributed by atoms with van der Waals surface area (Å²) in [5.41, 5.74) is -1.25. The molecule has 198 valence electrons. The van der Waals surface area contributed by atoms with Crippen LogP contribution in [-0.4, -0.2) is 60.2 Å². The zero-order chi connectivity index (χ0) is 27.4. The Labute approximate surface area is 214 Å². The van der Waals surface area contributed by atoms with Crippen molar-refractivity contribution in [1.29, 1.82) is 0 Å². The van der Waals surface area contributed by atoms with E-state index >= 15 is 0 Å². The minimum absolute atomic E-state index is 0.0405. The van der Waals surface area contributed by atoms with Crippen molar-refractivity contribution in [3.8, 4) is 11.1 Å². The van der Waals surface area contributed by atoms with E-state index in [0.29, 0.717) is 0 Å². The van der Waals surface area contributed by atoms with Gasteiger partial charge in [0.25, 0.3) is 11.8 Å². The van der Waals surface area contributed by atoms with Gasteiger partial charge in [-0.05, 0) is 42.0 Å². The van der Waals surface area contributed by atoms with Gasteiger partial charge in [0.2, 0.25) is 5.91 Å². The topological polar surface area (TPSA) is 69.7 Å². The number of alkyl halides is 3. The molecule has 0 saturated carbocycles. The van der Waals surface area contributed by atoms with Crippen molar-refractivity contribution in [3.63, 3.8) is 0 Å². The van der Waals surface area contributed by atoms with Gasteiger partial charge in [0.1, 0.15) is 11.6 Å². The third-order valence-corrected chi connectivity index (χ3v) is 6.18. The monoisotopic (exact) mass is 531 g/mol. The molecule has 0 bridgehead atoms. The van der Waals surface area contributed by atoms with Crippen molar-refractivity contribution >= 4 is 17.7 Å². The normalized spacial score (nSPS) is 13.8. The molecule has 11 heteroatoms. The number of rotatable bonds is 5. The quantitative estimate of drug-likeness (QED) is 0.498. The van der Waals surface area contributed by atoms with Crippen LogP contribution in [0.25, 0.3) is 11.1 Å². The predicted molar refractivity (Wildman–Crippen MR) is 128 cm³/mol. The first kappa shape index (κ1) is 26.8. The fourth-order valence-corrected chi connectivity index (χ4v) is 4.18. The maximum absolute atomic E-state index is 14.0. The van der Waals surface area contributed by atoms with Crippen LogP contribution in [0.3, 0.4) is 0 Å². The molecule has 1 heterocycles. The molecule has 3 amide bonds. The van der Waals surface area contributed by atoms with E-state index in [4.69, 9.17) is 0 Å². The van der Waals surface area contributed by atoms with Gasteiger partial charge >= 0.3 is 6.18 Å². The van der Waals surface area contributed by atoms with Crippen LogP contribution >= 0.6 is 0 Å². The molecule has 6 nitrogen and oxygen atoms in total. The van der Waals surface area contributed by atoms with E-state index in [2.05, 4.69) is 5.32 Å². The fourth-order valence-electron chi connectivity index (χ4n) is 4.18. The van der Waals surface area contributed by atoms with Crippen molar-refractivity contribution in [1.82, 2.24) is 15.1 Å². The van der Waals surface area contributed by atoms with Crippen molar-refractivity contribution < 1.29 is 36.3 Å². The van der Waals surface area contributed by atoms with Crippen LogP contribution < -0.4 is 5.32 Å². The fraction of sp³-hybridized carbons (Fsp3) is 0.222. The van der Waals surface area contributed by atoms with Crippen LogP contribution in [0.2, 0.25) is 0 Å². The van der Waals surface area contributed by atoms with Gasteiger partial charge in [0.05, 0.1) is 23.2 Å². The number of carbonyl (C=O) groups excluding carboxylic acids is 3. The third-order valence-electron chi connectivity index (χ3n) is 6.18. The molecule has 1 fully saturated rings. The number of nitrogens with one attached hydrogen (secondary N) is 1. The lowest BCUT2D eigenvalue weighted by molar-refractivity contribution is -0.138. The largest absolute Gasteiger partial charge is 0.417 e. The van der Waals surface area contributed by atoms with Gasteiger partial charge in [-0.25, -0.2) is 8.78 Å². The summed E-state index contributed by atoms with van der Waals surface area (Å²) in [6, 6.07) is 13.6. The number of halogens is 5. The van der Waals surface area contributed by atoms with Gasteiger partial charge in [-0.3, -0.25) is 14.4 Å². The van der Waals surface area contributed by atoms with Gasteiger partial charge in [0, 0.05) is 31.7 Å². The van der Waals surface area contributed by atoms with Gasteiger partial charge in [-0.15, -0.1) is 0 Å². The lowest BCUT2D eigenvalue weighted by Gasteiger charge is -2.35. The van der Waals surface area contributed by atoms with Crippen LogP contribution in [0.1, 0.15) is 26.3 Å². The Morgan fingerprint density at radius 1 is 0.763 bits per heavy atom. The van der Waals surface area contributed by atoms with Crippen molar-refractivity contribution in [2.45, 2.75) is 6.18 Å². The van der Waals surface area contributed by atoms with Crippen LogP contribution in [-0.2, 0) is 11.0 Å². The molecule has 1 saturated heterocycles. The van der Waals surface area contributed by atoms with E-state index in [1.165, 1.54) is 52.3 Å². The molecule has 0 unspecified atom stereocenters.